The van der Waals surface area contributed by atoms with Gasteiger partial charge in [0.25, 0.3) is 0 Å². The van der Waals surface area contributed by atoms with Crippen molar-refractivity contribution >= 4 is 28.3 Å². The number of rotatable bonds is 8. The number of hydrogen-bond donors (Lipinski definition) is 2. The highest BCUT2D eigenvalue weighted by Crippen LogP contribution is 2.41. The normalized spacial score (nSPS) is 23.5. The van der Waals surface area contributed by atoms with Crippen LogP contribution in [0.4, 0.5) is 9.52 Å². The molecule has 2 unspecified atom stereocenters. The lowest BCUT2D eigenvalue weighted by molar-refractivity contribution is -0.130. The first-order valence-electron chi connectivity index (χ1n) is 10.3. The maximum Gasteiger partial charge on any atom is 0.237 e. The second kappa shape index (κ2) is 10.1. The van der Waals surface area contributed by atoms with E-state index >= 15 is 0 Å². The fraction of sp³-hybridized carbons (Fsp3) is 0.700. The van der Waals surface area contributed by atoms with Crippen LogP contribution in [0, 0.1) is 16.7 Å². The van der Waals surface area contributed by atoms with Gasteiger partial charge in [-0.2, -0.15) is 5.26 Å². The predicted octanol–water partition coefficient (Wildman–Crippen LogP) is 2.86. The molecular formula is C20H28FN5O2S. The molecule has 1 saturated carbocycles. The van der Waals surface area contributed by atoms with Gasteiger partial charge in [-0.15, -0.1) is 11.3 Å². The first kappa shape index (κ1) is 21.7. The molecule has 2 heterocycles. The number of nitrogens with zero attached hydrogens (tertiary/aromatic N) is 3. The van der Waals surface area contributed by atoms with Crippen LogP contribution in [0.5, 0.6) is 0 Å². The van der Waals surface area contributed by atoms with Crippen molar-refractivity contribution in [2.24, 2.45) is 5.41 Å². The number of carbonyl (C=O) groups excluding carboxylic acids is 2. The van der Waals surface area contributed by atoms with Crippen molar-refractivity contribution in [3.05, 3.63) is 11.6 Å². The van der Waals surface area contributed by atoms with Crippen molar-refractivity contribution in [3.8, 4) is 6.07 Å². The highest BCUT2D eigenvalue weighted by atomic mass is 32.1. The molecule has 29 heavy (non-hydrogen) atoms. The molecular weight excluding hydrogens is 393 g/mol. The average molecular weight is 422 g/mol. The highest BCUT2D eigenvalue weighted by Gasteiger charge is 2.39. The fourth-order valence-corrected chi connectivity index (χ4v) is 4.89. The molecule has 0 spiro atoms. The molecule has 2 atom stereocenters. The summed E-state index contributed by atoms with van der Waals surface area (Å²) in [5.41, 5.74) is -0.377. The average Bonchev–Trinajstić information content (AvgIpc) is 3.37. The minimum Gasteiger partial charge on any atom is -0.323 e. The van der Waals surface area contributed by atoms with E-state index in [-0.39, 0.29) is 36.7 Å². The molecule has 1 saturated heterocycles. The quantitative estimate of drug-likeness (QED) is 0.629. The number of halogens is 1. The van der Waals surface area contributed by atoms with E-state index in [1.165, 1.54) is 16.2 Å². The van der Waals surface area contributed by atoms with Gasteiger partial charge in [-0.05, 0) is 32.2 Å². The molecule has 158 valence electrons. The summed E-state index contributed by atoms with van der Waals surface area (Å²) in [4.78, 5) is 30.7. The largest absolute Gasteiger partial charge is 0.323 e. The number of alkyl halides is 1. The lowest BCUT2D eigenvalue weighted by Gasteiger charge is -2.35. The number of thiazole rings is 1. The zero-order valence-electron chi connectivity index (χ0n) is 16.5. The Balaban J connectivity index is 1.45. The van der Waals surface area contributed by atoms with E-state index in [1.54, 1.807) is 6.20 Å². The van der Waals surface area contributed by atoms with Crippen LogP contribution in [0.15, 0.2) is 11.6 Å². The Morgan fingerprint density at radius 3 is 2.86 bits per heavy atom. The van der Waals surface area contributed by atoms with Crippen LogP contribution in [-0.2, 0) is 9.59 Å². The van der Waals surface area contributed by atoms with E-state index in [0.717, 1.165) is 44.9 Å². The van der Waals surface area contributed by atoms with Gasteiger partial charge in [-0.3, -0.25) is 9.59 Å². The zero-order valence-corrected chi connectivity index (χ0v) is 17.3. The summed E-state index contributed by atoms with van der Waals surface area (Å²) in [5.74, 6) is -0.197. The molecule has 1 aliphatic carbocycles. The predicted molar refractivity (Wildman–Crippen MR) is 109 cm³/mol. The molecule has 2 amide bonds. The molecule has 2 fully saturated rings. The van der Waals surface area contributed by atoms with Gasteiger partial charge < -0.3 is 15.5 Å². The van der Waals surface area contributed by atoms with Crippen molar-refractivity contribution in [2.45, 2.75) is 63.6 Å². The second-order valence-electron chi connectivity index (χ2n) is 7.94. The number of likely N-dealkylation sites (tertiary alicyclic amines) is 1. The number of carbonyl (C=O) groups is 2. The Labute approximate surface area is 174 Å². The van der Waals surface area contributed by atoms with Crippen LogP contribution in [-0.4, -0.2) is 53.5 Å². The van der Waals surface area contributed by atoms with E-state index in [0.29, 0.717) is 11.7 Å². The maximum atomic E-state index is 13.5. The third kappa shape index (κ3) is 5.52. The third-order valence-corrected chi connectivity index (χ3v) is 6.64. The number of anilines is 1. The first-order chi connectivity index (χ1) is 14.0. The van der Waals surface area contributed by atoms with Crippen molar-refractivity contribution < 1.29 is 14.0 Å². The van der Waals surface area contributed by atoms with Gasteiger partial charge >= 0.3 is 0 Å². The van der Waals surface area contributed by atoms with Gasteiger partial charge in [-0.25, -0.2) is 9.37 Å². The Bertz CT molecular complexity index is 730. The van der Waals surface area contributed by atoms with Gasteiger partial charge in [0, 0.05) is 23.4 Å². The van der Waals surface area contributed by atoms with E-state index in [4.69, 9.17) is 5.26 Å². The summed E-state index contributed by atoms with van der Waals surface area (Å²) in [6.45, 7) is 0.685. The summed E-state index contributed by atoms with van der Waals surface area (Å²) in [5, 5.41) is 17.6. The highest BCUT2D eigenvalue weighted by molar-refractivity contribution is 7.13. The summed E-state index contributed by atoms with van der Waals surface area (Å²) in [6, 6.07) is 1.33. The van der Waals surface area contributed by atoms with E-state index in [9.17, 15) is 14.0 Å². The fourth-order valence-electron chi connectivity index (χ4n) is 4.37. The van der Waals surface area contributed by atoms with E-state index in [1.807, 2.05) is 11.4 Å². The van der Waals surface area contributed by atoms with Crippen molar-refractivity contribution in [3.63, 3.8) is 0 Å². The topological polar surface area (TPSA) is 98.1 Å². The number of amides is 2. The van der Waals surface area contributed by atoms with Crippen LogP contribution < -0.4 is 10.6 Å². The van der Waals surface area contributed by atoms with E-state index < -0.39 is 12.2 Å². The van der Waals surface area contributed by atoms with Gasteiger partial charge in [-0.1, -0.05) is 19.3 Å². The summed E-state index contributed by atoms with van der Waals surface area (Å²) < 4.78 is 13.5. The van der Waals surface area contributed by atoms with Crippen LogP contribution in [0.2, 0.25) is 0 Å². The van der Waals surface area contributed by atoms with Crippen LogP contribution in [0.25, 0.3) is 0 Å². The SMILES string of the molecule is N#CC1CC(F)CN1C(=O)CNCCCC1(C(=O)Nc2nccs2)CCCCC1. The van der Waals surface area contributed by atoms with Crippen LogP contribution in [0.3, 0.4) is 0 Å². The van der Waals surface area contributed by atoms with Gasteiger partial charge in [0.1, 0.15) is 12.2 Å². The lowest BCUT2D eigenvalue weighted by atomic mass is 9.70. The third-order valence-electron chi connectivity index (χ3n) is 5.95. The molecule has 1 aromatic rings. The van der Waals surface area contributed by atoms with Crippen molar-refractivity contribution in [2.75, 3.05) is 25.0 Å². The minimum absolute atomic E-state index is 0.00121. The molecule has 7 nitrogen and oxygen atoms in total. The van der Waals surface area contributed by atoms with Crippen molar-refractivity contribution in [1.29, 1.82) is 5.26 Å². The molecule has 1 aliphatic heterocycles. The van der Waals surface area contributed by atoms with E-state index in [2.05, 4.69) is 15.6 Å². The summed E-state index contributed by atoms with van der Waals surface area (Å²) in [7, 11) is 0. The summed E-state index contributed by atoms with van der Waals surface area (Å²) in [6.07, 6.45) is 7.18. The van der Waals surface area contributed by atoms with Crippen LogP contribution >= 0.6 is 11.3 Å². The van der Waals surface area contributed by atoms with Crippen molar-refractivity contribution in [1.82, 2.24) is 15.2 Å². The lowest BCUT2D eigenvalue weighted by Crippen LogP contribution is -2.41. The van der Waals surface area contributed by atoms with Crippen LogP contribution in [0.1, 0.15) is 51.4 Å². The number of nitrogens with one attached hydrogen (secondary N) is 2. The number of aromatic nitrogens is 1. The molecule has 0 aromatic carbocycles. The Morgan fingerprint density at radius 2 is 2.17 bits per heavy atom. The molecule has 3 rings (SSSR count). The minimum atomic E-state index is -1.12. The molecule has 0 bridgehead atoms. The Kier molecular flexibility index (Phi) is 7.56. The number of hydrogen-bond acceptors (Lipinski definition) is 6. The molecule has 9 heteroatoms. The smallest absolute Gasteiger partial charge is 0.237 e. The maximum absolute atomic E-state index is 13.5. The Morgan fingerprint density at radius 1 is 1.38 bits per heavy atom. The van der Waals surface area contributed by atoms with Gasteiger partial charge in [0.15, 0.2) is 5.13 Å². The summed E-state index contributed by atoms with van der Waals surface area (Å²) >= 11 is 1.42. The standard InChI is InChI=1S/C20H28FN5O2S/c21-15-11-16(12-22)26(14-15)17(27)13-23-8-4-7-20(5-2-1-3-6-20)18(28)25-19-24-9-10-29-19/h9-10,15-16,23H,1-8,11,13-14H2,(H,24,25,28). The molecule has 0 radical (unpaired) electrons. The second-order valence-corrected chi connectivity index (χ2v) is 8.83. The Hall–Kier alpha value is -2.05. The molecule has 2 aliphatic rings. The zero-order chi connectivity index (χ0) is 20.7. The van der Waals surface area contributed by atoms with Gasteiger partial charge in [0.2, 0.25) is 11.8 Å². The first-order valence-corrected chi connectivity index (χ1v) is 11.2. The molecule has 1 aromatic heterocycles. The monoisotopic (exact) mass is 421 g/mol. The van der Waals surface area contributed by atoms with Gasteiger partial charge in [0.05, 0.1) is 19.2 Å². The molecule has 2 N–H and O–H groups in total. The number of nitriles is 1.